The number of nitrogens with one attached hydrogen (secondary N) is 1. The second-order valence-corrected chi connectivity index (χ2v) is 8.59. The lowest BCUT2D eigenvalue weighted by Crippen LogP contribution is -1.99. The Morgan fingerprint density at radius 2 is 1.96 bits per heavy atom. The molecule has 0 fully saturated rings. The van der Waals surface area contributed by atoms with E-state index < -0.39 is 0 Å². The van der Waals surface area contributed by atoms with Gasteiger partial charge < -0.3 is 10.7 Å². The van der Waals surface area contributed by atoms with Gasteiger partial charge in [-0.1, -0.05) is 45.7 Å². The largest absolute Gasteiger partial charge is 0.352 e. The van der Waals surface area contributed by atoms with Crippen molar-refractivity contribution in [2.45, 2.75) is 19.3 Å². The number of halogens is 2. The maximum absolute atomic E-state index is 6.50. The Kier molecular flexibility index (Phi) is 4.87. The molecule has 0 unspecified atom stereocenters. The second kappa shape index (κ2) is 7.12. The summed E-state index contributed by atoms with van der Waals surface area (Å²) in [6, 6.07) is 14.9. The van der Waals surface area contributed by atoms with Crippen LogP contribution >= 0.6 is 38.9 Å². The van der Waals surface area contributed by atoms with Gasteiger partial charge in [0, 0.05) is 14.6 Å². The van der Waals surface area contributed by atoms with Crippen LogP contribution in [0.15, 0.2) is 46.9 Å². The topological polar surface area (TPSA) is 41.8 Å². The molecule has 0 aliphatic carbocycles. The zero-order valence-corrected chi connectivity index (χ0v) is 16.8. The van der Waals surface area contributed by atoms with Gasteiger partial charge in [0.25, 0.3) is 0 Å². The summed E-state index contributed by atoms with van der Waals surface area (Å²) in [5.41, 5.74) is 9.23. The molecule has 25 heavy (non-hydrogen) atoms. The van der Waals surface area contributed by atoms with Crippen LogP contribution in [-0.4, -0.2) is 11.5 Å². The second-order valence-electron chi connectivity index (χ2n) is 6.18. The van der Waals surface area contributed by atoms with Crippen LogP contribution in [0, 0.1) is 0 Å². The minimum atomic E-state index is 0.727. The molecule has 0 amide bonds. The van der Waals surface area contributed by atoms with Gasteiger partial charge in [-0.15, -0.1) is 11.3 Å². The Balaban J connectivity index is 1.91. The van der Waals surface area contributed by atoms with Crippen molar-refractivity contribution in [1.82, 2.24) is 4.98 Å². The summed E-state index contributed by atoms with van der Waals surface area (Å²) in [6.45, 7) is 0.727. The lowest BCUT2D eigenvalue weighted by molar-refractivity contribution is 0.748. The smallest absolute Gasteiger partial charge is 0.0658 e. The third kappa shape index (κ3) is 3.24. The first-order valence-corrected chi connectivity index (χ1v) is 10.3. The fourth-order valence-corrected chi connectivity index (χ4v) is 5.24. The molecule has 0 aliphatic heterocycles. The number of unbranched alkanes of at least 4 members (excludes halogenated alkanes) is 1. The van der Waals surface area contributed by atoms with Crippen molar-refractivity contribution < 1.29 is 0 Å². The number of rotatable bonds is 5. The van der Waals surface area contributed by atoms with Gasteiger partial charge in [0.05, 0.1) is 21.1 Å². The molecule has 0 atom stereocenters. The highest BCUT2D eigenvalue weighted by Crippen LogP contribution is 2.40. The number of aryl methyl sites for hydroxylation is 1. The summed E-state index contributed by atoms with van der Waals surface area (Å²) in [5, 5.41) is 3.22. The maximum Gasteiger partial charge on any atom is 0.0658 e. The van der Waals surface area contributed by atoms with Crippen LogP contribution in [0.4, 0.5) is 0 Å². The number of thiophene rings is 1. The van der Waals surface area contributed by atoms with E-state index in [2.05, 4.69) is 57.3 Å². The molecule has 0 radical (unpaired) electrons. The molecule has 128 valence electrons. The van der Waals surface area contributed by atoms with Crippen LogP contribution in [0.5, 0.6) is 0 Å². The van der Waals surface area contributed by atoms with Gasteiger partial charge in [-0.2, -0.15) is 0 Å². The number of hydrogen-bond acceptors (Lipinski definition) is 2. The summed E-state index contributed by atoms with van der Waals surface area (Å²) in [5.74, 6) is 0. The van der Waals surface area contributed by atoms with Gasteiger partial charge >= 0.3 is 0 Å². The van der Waals surface area contributed by atoms with Crippen LogP contribution < -0.4 is 5.73 Å². The zero-order valence-electron chi connectivity index (χ0n) is 13.6. The first kappa shape index (κ1) is 17.1. The van der Waals surface area contributed by atoms with Gasteiger partial charge in [-0.25, -0.2) is 0 Å². The number of fused-ring (bicyclic) bond motifs is 2. The Bertz CT molecular complexity index is 1020. The molecule has 0 saturated heterocycles. The summed E-state index contributed by atoms with van der Waals surface area (Å²) in [7, 11) is 0. The highest BCUT2D eigenvalue weighted by molar-refractivity contribution is 9.10. The summed E-state index contributed by atoms with van der Waals surface area (Å²) in [6.07, 6.45) is 3.10. The molecular formula is C20H18BrClN2S. The minimum Gasteiger partial charge on any atom is -0.352 e. The van der Waals surface area contributed by atoms with Crippen molar-refractivity contribution in [3.63, 3.8) is 0 Å². The van der Waals surface area contributed by atoms with Crippen molar-refractivity contribution in [3.8, 4) is 10.6 Å². The molecule has 0 bridgehead atoms. The summed E-state index contributed by atoms with van der Waals surface area (Å²) >= 11 is 11.9. The van der Waals surface area contributed by atoms with E-state index in [1.807, 2.05) is 17.4 Å². The lowest BCUT2D eigenvalue weighted by atomic mass is 10.0. The third-order valence-electron chi connectivity index (χ3n) is 4.48. The van der Waals surface area contributed by atoms with E-state index in [1.165, 1.54) is 31.6 Å². The van der Waals surface area contributed by atoms with Gasteiger partial charge in [-0.05, 0) is 61.0 Å². The molecule has 4 aromatic rings. The monoisotopic (exact) mass is 432 g/mol. The van der Waals surface area contributed by atoms with Crippen molar-refractivity contribution in [2.75, 3.05) is 6.54 Å². The third-order valence-corrected chi connectivity index (χ3v) is 6.37. The highest BCUT2D eigenvalue weighted by Gasteiger charge is 2.17. The predicted octanol–water partition coefficient (Wildman–Crippen LogP) is 6.75. The van der Waals surface area contributed by atoms with E-state index in [1.54, 1.807) is 0 Å². The lowest BCUT2D eigenvalue weighted by Gasteiger charge is -2.03. The van der Waals surface area contributed by atoms with Crippen molar-refractivity contribution >= 4 is 59.9 Å². The normalized spacial score (nSPS) is 11.6. The first-order valence-electron chi connectivity index (χ1n) is 8.36. The number of hydrogen-bond donors (Lipinski definition) is 2. The van der Waals surface area contributed by atoms with Crippen LogP contribution in [0.25, 0.3) is 31.6 Å². The Morgan fingerprint density at radius 3 is 2.76 bits per heavy atom. The van der Waals surface area contributed by atoms with E-state index in [0.717, 1.165) is 40.8 Å². The molecular weight excluding hydrogens is 416 g/mol. The Labute approximate surface area is 164 Å². The average molecular weight is 434 g/mol. The summed E-state index contributed by atoms with van der Waals surface area (Å²) < 4.78 is 2.31. The number of aromatic amines is 1. The van der Waals surface area contributed by atoms with Crippen molar-refractivity contribution in [3.05, 3.63) is 57.5 Å². The number of nitrogens with two attached hydrogens (primary N) is 1. The molecule has 5 heteroatoms. The van der Waals surface area contributed by atoms with Crippen LogP contribution in [0.3, 0.4) is 0 Å². The highest BCUT2D eigenvalue weighted by atomic mass is 79.9. The molecule has 0 aliphatic rings. The van der Waals surface area contributed by atoms with Crippen LogP contribution in [0.2, 0.25) is 5.02 Å². The molecule has 0 spiro atoms. The molecule has 4 rings (SSSR count). The molecule has 2 nitrogen and oxygen atoms in total. The molecule has 2 aromatic heterocycles. The molecule has 0 saturated carbocycles. The fraction of sp³-hybridized carbons (Fsp3) is 0.200. The Hall–Kier alpha value is -1.33. The predicted molar refractivity (Wildman–Crippen MR) is 114 cm³/mol. The molecule has 2 heterocycles. The Morgan fingerprint density at radius 1 is 1.12 bits per heavy atom. The van der Waals surface area contributed by atoms with Gasteiger partial charge in [0.2, 0.25) is 0 Å². The standard InChI is InChI=1S/C20H18BrClN2S/c21-13-10-15-14(6-3-4-8-23)20(24-19(15)16(22)11-13)18-9-12-5-1-2-7-17(12)25-18/h1-2,5,7,9-11,24H,3-4,6,8,23H2. The SMILES string of the molecule is NCCCCc1c(-c2cc3ccccc3s2)[nH]c2c(Cl)cc(Br)cc12. The van der Waals surface area contributed by atoms with Crippen molar-refractivity contribution in [1.29, 1.82) is 0 Å². The van der Waals surface area contributed by atoms with E-state index in [-0.39, 0.29) is 0 Å². The fourth-order valence-electron chi connectivity index (χ4n) is 3.29. The number of aromatic nitrogens is 1. The van der Waals surface area contributed by atoms with E-state index in [9.17, 15) is 0 Å². The quantitative estimate of drug-likeness (QED) is 0.336. The molecule has 3 N–H and O–H groups in total. The van der Waals surface area contributed by atoms with Gasteiger partial charge in [0.15, 0.2) is 0 Å². The van der Waals surface area contributed by atoms with E-state index in [0.29, 0.717) is 0 Å². The minimum absolute atomic E-state index is 0.727. The maximum atomic E-state index is 6.50. The number of H-pyrrole nitrogens is 1. The van der Waals surface area contributed by atoms with Gasteiger partial charge in [0.1, 0.15) is 0 Å². The zero-order chi connectivity index (χ0) is 17.4. The number of benzene rings is 2. The van der Waals surface area contributed by atoms with Crippen molar-refractivity contribution in [2.24, 2.45) is 5.73 Å². The summed E-state index contributed by atoms with van der Waals surface area (Å²) in [4.78, 5) is 4.85. The average Bonchev–Trinajstić information content (AvgIpc) is 3.17. The van der Waals surface area contributed by atoms with Gasteiger partial charge in [-0.3, -0.25) is 0 Å². The van der Waals surface area contributed by atoms with Crippen LogP contribution in [-0.2, 0) is 6.42 Å². The van der Waals surface area contributed by atoms with E-state index in [4.69, 9.17) is 17.3 Å². The molecule has 2 aromatic carbocycles. The van der Waals surface area contributed by atoms with E-state index >= 15 is 0 Å². The first-order chi connectivity index (χ1) is 12.2. The van der Waals surface area contributed by atoms with Crippen LogP contribution in [0.1, 0.15) is 18.4 Å².